The second kappa shape index (κ2) is 9.50. The first kappa shape index (κ1) is 25.3. The zero-order valence-corrected chi connectivity index (χ0v) is 21.0. The molecule has 0 radical (unpaired) electrons. The van der Waals surface area contributed by atoms with Gasteiger partial charge in [-0.3, -0.25) is 0 Å². The molecule has 2 fully saturated rings. The van der Waals surface area contributed by atoms with E-state index in [0.717, 1.165) is 12.1 Å². The SMILES string of the molecule is C[C@H]1CC[C@H](c2ccccc2)S(=O)(=O)N1Cc1cc(F)c(C2(c3n[nH]c(=O)o3)CC(CC#N)C2)cc1F. The summed E-state index contributed by atoms with van der Waals surface area (Å²) in [7, 11) is -3.83. The second-order valence-corrected chi connectivity index (χ2v) is 12.0. The molecule has 0 bridgehead atoms. The minimum Gasteiger partial charge on any atom is -0.392 e. The molecular formula is C26H26F2N4O4S. The van der Waals surface area contributed by atoms with Crippen molar-refractivity contribution in [2.75, 3.05) is 0 Å². The number of nitrogens with one attached hydrogen (secondary N) is 1. The van der Waals surface area contributed by atoms with Crippen LogP contribution in [0, 0.1) is 28.9 Å². The van der Waals surface area contributed by atoms with Gasteiger partial charge in [0.1, 0.15) is 16.9 Å². The van der Waals surface area contributed by atoms with Gasteiger partial charge in [0.15, 0.2) is 0 Å². The Hall–Kier alpha value is -3.36. The van der Waals surface area contributed by atoms with Gasteiger partial charge in [0.2, 0.25) is 15.9 Å². The summed E-state index contributed by atoms with van der Waals surface area (Å²) in [5, 5.41) is 14.3. The first-order valence-electron chi connectivity index (χ1n) is 12.1. The van der Waals surface area contributed by atoms with Gasteiger partial charge < -0.3 is 4.42 Å². The van der Waals surface area contributed by atoms with Gasteiger partial charge in [-0.05, 0) is 56.2 Å². The molecule has 2 aromatic carbocycles. The quantitative estimate of drug-likeness (QED) is 0.509. The molecule has 0 unspecified atom stereocenters. The van der Waals surface area contributed by atoms with Gasteiger partial charge in [0.05, 0.1) is 11.5 Å². The van der Waals surface area contributed by atoms with E-state index in [1.807, 2.05) is 6.07 Å². The predicted octanol–water partition coefficient (Wildman–Crippen LogP) is 4.31. The van der Waals surface area contributed by atoms with Crippen LogP contribution in [0.2, 0.25) is 0 Å². The van der Waals surface area contributed by atoms with Crippen molar-refractivity contribution in [2.24, 2.45) is 5.92 Å². The smallest absolute Gasteiger partial charge is 0.392 e. The number of aromatic nitrogens is 2. The fourth-order valence-corrected chi connectivity index (χ4v) is 7.93. The molecule has 0 spiro atoms. The molecule has 3 aromatic rings. The minimum atomic E-state index is -3.83. The number of hydrogen-bond donors (Lipinski definition) is 1. The molecule has 5 rings (SSSR count). The van der Waals surface area contributed by atoms with Gasteiger partial charge in [-0.1, -0.05) is 30.3 Å². The molecule has 2 atom stereocenters. The zero-order chi connectivity index (χ0) is 26.4. The van der Waals surface area contributed by atoms with Crippen LogP contribution in [-0.2, 0) is 22.0 Å². The molecule has 0 amide bonds. The van der Waals surface area contributed by atoms with Crippen molar-refractivity contribution in [3.05, 3.63) is 87.2 Å². The van der Waals surface area contributed by atoms with Crippen LogP contribution in [0.25, 0.3) is 0 Å². The average molecular weight is 529 g/mol. The van der Waals surface area contributed by atoms with E-state index >= 15 is 8.78 Å². The summed E-state index contributed by atoms with van der Waals surface area (Å²) in [6, 6.07) is 12.6. The van der Waals surface area contributed by atoms with Crippen molar-refractivity contribution in [1.29, 1.82) is 5.26 Å². The highest BCUT2D eigenvalue weighted by Crippen LogP contribution is 2.53. The fraction of sp³-hybridized carbons (Fsp3) is 0.423. The van der Waals surface area contributed by atoms with Crippen LogP contribution >= 0.6 is 0 Å². The van der Waals surface area contributed by atoms with E-state index in [9.17, 15) is 13.2 Å². The number of rotatable bonds is 6. The molecule has 194 valence electrons. The van der Waals surface area contributed by atoms with E-state index in [4.69, 9.17) is 9.68 Å². The normalized spacial score (nSPS) is 27.4. The van der Waals surface area contributed by atoms with Gasteiger partial charge in [0.25, 0.3) is 0 Å². The highest BCUT2D eigenvalue weighted by Gasteiger charge is 2.52. The van der Waals surface area contributed by atoms with Crippen LogP contribution in [0.15, 0.2) is 51.7 Å². The lowest BCUT2D eigenvalue weighted by atomic mass is 9.57. The topological polar surface area (TPSA) is 120 Å². The number of nitriles is 1. The summed E-state index contributed by atoms with van der Waals surface area (Å²) < 4.78 is 64.5. The van der Waals surface area contributed by atoms with Gasteiger partial charge in [-0.2, -0.15) is 9.57 Å². The number of aromatic amines is 1. The maximum Gasteiger partial charge on any atom is 0.434 e. The minimum absolute atomic E-state index is 0.0325. The second-order valence-electron chi connectivity index (χ2n) is 9.98. The Kier molecular flexibility index (Phi) is 6.50. The van der Waals surface area contributed by atoms with Crippen molar-refractivity contribution in [1.82, 2.24) is 14.5 Å². The molecule has 11 heteroatoms. The molecule has 1 aromatic heterocycles. The first-order chi connectivity index (χ1) is 17.7. The third-order valence-corrected chi connectivity index (χ3v) is 10.0. The average Bonchev–Trinajstić information content (AvgIpc) is 3.27. The van der Waals surface area contributed by atoms with Crippen LogP contribution in [-0.4, -0.2) is 29.0 Å². The van der Waals surface area contributed by atoms with Gasteiger partial charge >= 0.3 is 5.76 Å². The molecule has 37 heavy (non-hydrogen) atoms. The maximum absolute atomic E-state index is 15.6. The summed E-state index contributed by atoms with van der Waals surface area (Å²) in [6.45, 7) is 1.46. The highest BCUT2D eigenvalue weighted by atomic mass is 32.2. The lowest BCUT2D eigenvalue weighted by Gasteiger charge is -2.45. The van der Waals surface area contributed by atoms with Crippen LogP contribution in [0.5, 0.6) is 0 Å². The molecule has 2 aliphatic rings. The van der Waals surface area contributed by atoms with E-state index in [-0.39, 0.29) is 54.8 Å². The standard InChI is InChI=1S/C26H26F2N4O4S/c1-16-7-8-23(18-5-3-2-4-6-18)37(34,35)32(16)15-19-11-22(28)20(12-21(19)27)26(13-17(14-26)9-10-29)24-30-31-25(33)36-24/h2-6,11-12,16-17,23H,7-9,13-15H2,1H3,(H,31,33)/t16-,17?,23+,26?/m0/s1. The lowest BCUT2D eigenvalue weighted by molar-refractivity contribution is 0.144. The number of benzene rings is 2. The Bertz CT molecular complexity index is 1510. The first-order valence-corrected chi connectivity index (χ1v) is 13.6. The third-order valence-electron chi connectivity index (χ3n) is 7.68. The van der Waals surface area contributed by atoms with Crippen molar-refractivity contribution in [3.8, 4) is 6.07 Å². The Balaban J connectivity index is 1.48. The number of H-pyrrole nitrogens is 1. The maximum atomic E-state index is 15.6. The molecule has 1 saturated carbocycles. The molecule has 2 heterocycles. The van der Waals surface area contributed by atoms with Crippen LogP contribution < -0.4 is 5.76 Å². The van der Waals surface area contributed by atoms with Crippen LogP contribution in [0.1, 0.15) is 66.9 Å². The Morgan fingerprint density at radius 2 is 1.92 bits per heavy atom. The van der Waals surface area contributed by atoms with Gasteiger partial charge in [-0.15, -0.1) is 5.10 Å². The number of hydrogen-bond acceptors (Lipinski definition) is 6. The number of sulfonamides is 1. The molecular weight excluding hydrogens is 502 g/mol. The summed E-state index contributed by atoms with van der Waals surface area (Å²) in [5.74, 6) is -2.47. The van der Waals surface area contributed by atoms with Gasteiger partial charge in [0, 0.05) is 30.1 Å². The number of halogens is 2. The Morgan fingerprint density at radius 1 is 1.19 bits per heavy atom. The Morgan fingerprint density at radius 3 is 2.57 bits per heavy atom. The van der Waals surface area contributed by atoms with Crippen LogP contribution in [0.4, 0.5) is 8.78 Å². The van der Waals surface area contributed by atoms with E-state index in [2.05, 4.69) is 16.3 Å². The molecule has 1 saturated heterocycles. The fourth-order valence-electron chi connectivity index (χ4n) is 5.74. The van der Waals surface area contributed by atoms with Crippen molar-refractivity contribution in [3.63, 3.8) is 0 Å². The number of nitrogens with zero attached hydrogens (tertiary/aromatic N) is 3. The van der Waals surface area contributed by atoms with E-state index in [1.165, 1.54) is 4.31 Å². The monoisotopic (exact) mass is 528 g/mol. The van der Waals surface area contributed by atoms with Crippen molar-refractivity contribution < 1.29 is 21.6 Å². The molecule has 8 nitrogen and oxygen atoms in total. The van der Waals surface area contributed by atoms with Gasteiger partial charge in [-0.25, -0.2) is 27.1 Å². The molecule has 1 N–H and O–H groups in total. The highest BCUT2D eigenvalue weighted by molar-refractivity contribution is 7.89. The van der Waals surface area contributed by atoms with E-state index in [1.54, 1.807) is 31.2 Å². The summed E-state index contributed by atoms with van der Waals surface area (Å²) >= 11 is 0. The largest absolute Gasteiger partial charge is 0.434 e. The Labute approximate surface area is 213 Å². The summed E-state index contributed by atoms with van der Waals surface area (Å²) in [6.07, 6.45) is 1.79. The zero-order valence-electron chi connectivity index (χ0n) is 20.2. The van der Waals surface area contributed by atoms with E-state index in [0.29, 0.717) is 18.4 Å². The molecule has 1 aliphatic carbocycles. The third kappa shape index (κ3) is 4.38. The summed E-state index contributed by atoms with van der Waals surface area (Å²) in [5.41, 5.74) is -0.639. The van der Waals surface area contributed by atoms with Crippen LogP contribution in [0.3, 0.4) is 0 Å². The predicted molar refractivity (Wildman–Crippen MR) is 130 cm³/mol. The lowest BCUT2D eigenvalue weighted by Crippen LogP contribution is -2.45. The molecule has 1 aliphatic heterocycles. The summed E-state index contributed by atoms with van der Waals surface area (Å²) in [4.78, 5) is 11.6. The van der Waals surface area contributed by atoms with E-state index < -0.39 is 38.1 Å². The van der Waals surface area contributed by atoms with Crippen molar-refractivity contribution >= 4 is 10.0 Å². The van der Waals surface area contributed by atoms with Crippen molar-refractivity contribution in [2.45, 2.75) is 62.3 Å².